The highest BCUT2D eigenvalue weighted by atomic mass is 32.1. The summed E-state index contributed by atoms with van der Waals surface area (Å²) in [7, 11) is 0. The second kappa shape index (κ2) is 7.29. The first-order valence-electron chi connectivity index (χ1n) is 7.82. The van der Waals surface area contributed by atoms with Crippen LogP contribution in [0.25, 0.3) is 10.6 Å². The molecule has 26 heavy (non-hydrogen) atoms. The average molecular weight is 376 g/mol. The zero-order valence-corrected chi connectivity index (χ0v) is 14.6. The lowest BCUT2D eigenvalue weighted by atomic mass is 10.1. The molecule has 1 N–H and O–H groups in total. The number of aromatic nitrogens is 1. The molecule has 3 aromatic rings. The fraction of sp³-hybridized carbons (Fsp3) is 0.158. The molecule has 1 heterocycles. The highest BCUT2D eigenvalue weighted by Crippen LogP contribution is 2.30. The summed E-state index contributed by atoms with van der Waals surface area (Å²) in [5, 5.41) is 3.50. The molecule has 0 spiro atoms. The van der Waals surface area contributed by atoms with Crippen LogP contribution < -0.4 is 5.32 Å². The van der Waals surface area contributed by atoms with Gasteiger partial charge in [-0.3, -0.25) is 4.79 Å². The van der Waals surface area contributed by atoms with Gasteiger partial charge in [0, 0.05) is 16.0 Å². The largest absolute Gasteiger partial charge is 0.416 e. The number of halogens is 3. The van der Waals surface area contributed by atoms with Crippen LogP contribution in [0, 0.1) is 6.92 Å². The topological polar surface area (TPSA) is 42.0 Å². The Morgan fingerprint density at radius 2 is 1.85 bits per heavy atom. The number of carbonyl (C=O) groups excluding carboxylic acids is 1. The van der Waals surface area contributed by atoms with Gasteiger partial charge in [0.2, 0.25) is 0 Å². The molecule has 7 heteroatoms. The van der Waals surface area contributed by atoms with Gasteiger partial charge in [-0.25, -0.2) is 4.98 Å². The van der Waals surface area contributed by atoms with Gasteiger partial charge in [-0.1, -0.05) is 36.4 Å². The van der Waals surface area contributed by atoms with Crippen LogP contribution in [-0.4, -0.2) is 10.9 Å². The lowest BCUT2D eigenvalue weighted by Crippen LogP contribution is -2.23. The van der Waals surface area contributed by atoms with E-state index in [-0.39, 0.29) is 12.1 Å². The minimum absolute atomic E-state index is 0.0229. The summed E-state index contributed by atoms with van der Waals surface area (Å²) in [4.78, 5) is 17.6. The minimum atomic E-state index is -4.48. The summed E-state index contributed by atoms with van der Waals surface area (Å²) >= 11 is 1.45. The first-order chi connectivity index (χ1) is 12.3. The summed E-state index contributed by atoms with van der Waals surface area (Å²) < 4.78 is 38.3. The van der Waals surface area contributed by atoms with Crippen LogP contribution in [0.4, 0.5) is 13.2 Å². The molecule has 0 aliphatic heterocycles. The van der Waals surface area contributed by atoms with Gasteiger partial charge >= 0.3 is 6.18 Å². The highest BCUT2D eigenvalue weighted by Gasteiger charge is 2.30. The number of nitrogens with zero attached hydrogens (tertiary/aromatic N) is 1. The molecular formula is C19H15F3N2OS. The molecule has 0 fully saturated rings. The fourth-order valence-corrected chi connectivity index (χ4v) is 3.40. The number of thiazole rings is 1. The van der Waals surface area contributed by atoms with E-state index in [9.17, 15) is 18.0 Å². The van der Waals surface area contributed by atoms with Gasteiger partial charge in [0.25, 0.3) is 5.91 Å². The Hall–Kier alpha value is -2.67. The molecule has 0 saturated carbocycles. The Morgan fingerprint density at radius 3 is 2.54 bits per heavy atom. The van der Waals surface area contributed by atoms with E-state index in [4.69, 9.17) is 0 Å². The third-order valence-electron chi connectivity index (χ3n) is 3.77. The molecule has 0 unspecified atom stereocenters. The maximum absolute atomic E-state index is 12.8. The van der Waals surface area contributed by atoms with Crippen molar-refractivity contribution in [1.29, 1.82) is 0 Å². The lowest BCUT2D eigenvalue weighted by Gasteiger charge is -2.09. The normalized spacial score (nSPS) is 11.4. The van der Waals surface area contributed by atoms with E-state index in [1.54, 1.807) is 0 Å². The van der Waals surface area contributed by atoms with Crippen molar-refractivity contribution in [3.05, 3.63) is 76.3 Å². The predicted molar refractivity (Wildman–Crippen MR) is 94.9 cm³/mol. The maximum atomic E-state index is 12.8. The Labute approximate surface area is 152 Å². The molecule has 0 aliphatic carbocycles. The number of alkyl halides is 3. The SMILES string of the molecule is Cc1nc(-c2ccccc2)sc1CNC(=O)c1cccc(C(F)(F)F)c1. The lowest BCUT2D eigenvalue weighted by molar-refractivity contribution is -0.137. The number of carbonyl (C=O) groups is 1. The third-order valence-corrected chi connectivity index (χ3v) is 4.98. The number of hydrogen-bond acceptors (Lipinski definition) is 3. The van der Waals surface area contributed by atoms with Gasteiger partial charge in [0.15, 0.2) is 0 Å². The first kappa shape index (κ1) is 18.1. The Balaban J connectivity index is 1.72. The highest BCUT2D eigenvalue weighted by molar-refractivity contribution is 7.15. The van der Waals surface area contributed by atoms with Crippen molar-refractivity contribution in [2.24, 2.45) is 0 Å². The standard InChI is InChI=1S/C19H15F3N2OS/c1-12-16(26-18(24-12)13-6-3-2-4-7-13)11-23-17(25)14-8-5-9-15(10-14)19(20,21)22/h2-10H,11H2,1H3,(H,23,25). The molecule has 1 aromatic heterocycles. The Kier molecular flexibility index (Phi) is 5.08. The zero-order chi connectivity index (χ0) is 18.7. The van der Waals surface area contributed by atoms with Gasteiger partial charge in [-0.05, 0) is 25.1 Å². The van der Waals surface area contributed by atoms with Crippen LogP contribution in [0.5, 0.6) is 0 Å². The maximum Gasteiger partial charge on any atom is 0.416 e. The van der Waals surface area contributed by atoms with Crippen molar-refractivity contribution in [1.82, 2.24) is 10.3 Å². The summed E-state index contributed by atoms with van der Waals surface area (Å²) in [5.74, 6) is -0.551. The van der Waals surface area contributed by atoms with Crippen molar-refractivity contribution in [3.63, 3.8) is 0 Å². The molecule has 0 bridgehead atoms. The van der Waals surface area contributed by atoms with E-state index in [0.29, 0.717) is 0 Å². The van der Waals surface area contributed by atoms with E-state index < -0.39 is 17.6 Å². The van der Waals surface area contributed by atoms with Gasteiger partial charge < -0.3 is 5.32 Å². The van der Waals surface area contributed by atoms with Crippen LogP contribution in [0.3, 0.4) is 0 Å². The van der Waals surface area contributed by atoms with E-state index in [0.717, 1.165) is 33.3 Å². The smallest absolute Gasteiger partial charge is 0.347 e. The van der Waals surface area contributed by atoms with Crippen molar-refractivity contribution in [2.45, 2.75) is 19.6 Å². The van der Waals surface area contributed by atoms with E-state index >= 15 is 0 Å². The zero-order valence-electron chi connectivity index (χ0n) is 13.8. The molecule has 0 saturated heterocycles. The van der Waals surface area contributed by atoms with E-state index in [1.807, 2.05) is 37.3 Å². The van der Waals surface area contributed by atoms with E-state index in [1.165, 1.54) is 23.5 Å². The summed E-state index contributed by atoms with van der Waals surface area (Å²) in [6, 6.07) is 14.0. The predicted octanol–water partition coefficient (Wildman–Crippen LogP) is 5.07. The van der Waals surface area contributed by atoms with Crippen LogP contribution in [-0.2, 0) is 12.7 Å². The number of nitrogens with one attached hydrogen (secondary N) is 1. The number of hydrogen-bond donors (Lipinski definition) is 1. The van der Waals surface area contributed by atoms with Gasteiger partial charge in [-0.15, -0.1) is 11.3 Å². The molecule has 1 amide bonds. The van der Waals surface area contributed by atoms with Gasteiger partial charge in [0.05, 0.1) is 17.8 Å². The molecule has 134 valence electrons. The monoisotopic (exact) mass is 376 g/mol. The summed E-state index contributed by atoms with van der Waals surface area (Å²) in [6.07, 6.45) is -4.48. The quantitative estimate of drug-likeness (QED) is 0.691. The molecule has 2 aromatic carbocycles. The van der Waals surface area contributed by atoms with Crippen LogP contribution >= 0.6 is 11.3 Å². The summed E-state index contributed by atoms with van der Waals surface area (Å²) in [6.45, 7) is 2.06. The molecular weight excluding hydrogens is 361 g/mol. The number of rotatable bonds is 4. The third kappa shape index (κ3) is 4.11. The number of amides is 1. The molecule has 0 aliphatic rings. The van der Waals surface area contributed by atoms with E-state index in [2.05, 4.69) is 10.3 Å². The second-order valence-electron chi connectivity index (χ2n) is 5.65. The number of benzene rings is 2. The van der Waals surface area contributed by atoms with Crippen molar-refractivity contribution >= 4 is 17.2 Å². The van der Waals surface area contributed by atoms with Gasteiger partial charge in [-0.2, -0.15) is 13.2 Å². The summed E-state index contributed by atoms with van der Waals surface area (Å²) in [5.41, 5.74) is 0.907. The van der Waals surface area contributed by atoms with Crippen molar-refractivity contribution in [3.8, 4) is 10.6 Å². The average Bonchev–Trinajstić information content (AvgIpc) is 3.00. The number of aryl methyl sites for hydroxylation is 1. The van der Waals surface area contributed by atoms with Gasteiger partial charge in [0.1, 0.15) is 5.01 Å². The molecule has 0 radical (unpaired) electrons. The Bertz CT molecular complexity index is 920. The molecule has 3 nitrogen and oxygen atoms in total. The first-order valence-corrected chi connectivity index (χ1v) is 8.63. The van der Waals surface area contributed by atoms with Crippen molar-refractivity contribution < 1.29 is 18.0 Å². The molecule has 3 rings (SSSR count). The van der Waals surface area contributed by atoms with Crippen LogP contribution in [0.1, 0.15) is 26.5 Å². The minimum Gasteiger partial charge on any atom is -0.347 e. The molecule has 0 atom stereocenters. The second-order valence-corrected chi connectivity index (χ2v) is 6.74. The Morgan fingerprint density at radius 1 is 1.12 bits per heavy atom. The fourth-order valence-electron chi connectivity index (χ4n) is 2.40. The van der Waals surface area contributed by atoms with Crippen LogP contribution in [0.2, 0.25) is 0 Å². The van der Waals surface area contributed by atoms with Crippen molar-refractivity contribution in [2.75, 3.05) is 0 Å². The van der Waals surface area contributed by atoms with Crippen LogP contribution in [0.15, 0.2) is 54.6 Å².